The number of likely N-dealkylation sites (tertiary alicyclic amines) is 1. The molecule has 0 saturated carbocycles. The molecule has 1 saturated heterocycles. The SMILES string of the molecule is CC(C)c1cc(C(=Nc2ccc3c(c2)OCO3)NOCC(=O)N2CCCCC2)c(O)cc1O. The Morgan fingerprint density at radius 2 is 1.85 bits per heavy atom. The molecule has 0 atom stereocenters. The predicted molar refractivity (Wildman–Crippen MR) is 122 cm³/mol. The first-order valence-corrected chi connectivity index (χ1v) is 11.1. The predicted octanol–water partition coefficient (Wildman–Crippen LogP) is 3.56. The molecule has 9 nitrogen and oxygen atoms in total. The summed E-state index contributed by atoms with van der Waals surface area (Å²) < 4.78 is 10.8. The standard InChI is InChI=1S/C24H29N3O6/c1-15(2)17-11-18(20(29)12-19(17)28)24(25-16-6-7-21-22(10-16)32-14-31-21)26-33-13-23(30)27-8-4-3-5-9-27/h6-7,10-12,15,28-29H,3-5,8-9,13-14H2,1-2H3,(H,25,26). The number of nitrogens with one attached hydrogen (secondary N) is 1. The lowest BCUT2D eigenvalue weighted by molar-refractivity contribution is -0.138. The molecule has 0 aromatic heterocycles. The topological polar surface area (TPSA) is 113 Å². The van der Waals surface area contributed by atoms with Crippen LogP contribution in [0.5, 0.6) is 23.0 Å². The summed E-state index contributed by atoms with van der Waals surface area (Å²) in [5, 5.41) is 20.8. The second-order valence-corrected chi connectivity index (χ2v) is 8.41. The number of piperidine rings is 1. The van der Waals surface area contributed by atoms with Crippen LogP contribution in [-0.2, 0) is 9.63 Å². The third-order valence-corrected chi connectivity index (χ3v) is 5.69. The molecule has 0 radical (unpaired) electrons. The number of aromatic hydroxyl groups is 2. The molecule has 0 unspecified atom stereocenters. The van der Waals surface area contributed by atoms with E-state index < -0.39 is 0 Å². The van der Waals surface area contributed by atoms with E-state index in [1.165, 1.54) is 6.07 Å². The van der Waals surface area contributed by atoms with Crippen LogP contribution in [0.2, 0.25) is 0 Å². The van der Waals surface area contributed by atoms with Gasteiger partial charge in [-0.2, -0.15) is 0 Å². The van der Waals surface area contributed by atoms with Crippen molar-refractivity contribution >= 4 is 17.4 Å². The zero-order chi connectivity index (χ0) is 23.4. The van der Waals surface area contributed by atoms with Crippen LogP contribution >= 0.6 is 0 Å². The molecule has 2 heterocycles. The third-order valence-electron chi connectivity index (χ3n) is 5.69. The van der Waals surface area contributed by atoms with Gasteiger partial charge in [0.25, 0.3) is 5.91 Å². The number of nitrogens with zero attached hydrogens (tertiary/aromatic N) is 2. The Morgan fingerprint density at radius 1 is 1.09 bits per heavy atom. The molecule has 4 rings (SSSR count). The van der Waals surface area contributed by atoms with Crippen molar-refractivity contribution in [3.05, 3.63) is 41.5 Å². The first-order chi connectivity index (χ1) is 15.9. The molecule has 2 aliphatic heterocycles. The molecule has 0 bridgehead atoms. The molecule has 3 N–H and O–H groups in total. The highest BCUT2D eigenvalue weighted by molar-refractivity contribution is 6.02. The Labute approximate surface area is 192 Å². The lowest BCUT2D eigenvalue weighted by Crippen LogP contribution is -2.39. The van der Waals surface area contributed by atoms with Gasteiger partial charge < -0.3 is 24.6 Å². The number of amides is 1. The van der Waals surface area contributed by atoms with Crippen LogP contribution in [0.15, 0.2) is 35.3 Å². The molecular formula is C24H29N3O6. The molecule has 176 valence electrons. The van der Waals surface area contributed by atoms with Crippen LogP contribution < -0.4 is 15.0 Å². The summed E-state index contributed by atoms with van der Waals surface area (Å²) in [6, 6.07) is 8.14. The summed E-state index contributed by atoms with van der Waals surface area (Å²) in [4.78, 5) is 24.4. The van der Waals surface area contributed by atoms with Crippen LogP contribution in [0.25, 0.3) is 0 Å². The monoisotopic (exact) mass is 455 g/mol. The molecular weight excluding hydrogens is 426 g/mol. The number of amidine groups is 1. The number of hydroxylamine groups is 1. The number of hydrogen-bond acceptors (Lipinski definition) is 7. The lowest BCUT2D eigenvalue weighted by atomic mass is 9.98. The van der Waals surface area contributed by atoms with Gasteiger partial charge in [-0.1, -0.05) is 13.8 Å². The summed E-state index contributed by atoms with van der Waals surface area (Å²) in [6.07, 6.45) is 3.12. The minimum absolute atomic E-state index is 0.00475. The molecule has 2 aliphatic rings. The van der Waals surface area contributed by atoms with Crippen molar-refractivity contribution < 1.29 is 29.3 Å². The van der Waals surface area contributed by atoms with Crippen LogP contribution in [-0.4, -0.2) is 53.3 Å². The zero-order valence-electron chi connectivity index (χ0n) is 18.8. The average molecular weight is 456 g/mol. The van der Waals surface area contributed by atoms with E-state index in [2.05, 4.69) is 10.5 Å². The van der Waals surface area contributed by atoms with E-state index in [9.17, 15) is 15.0 Å². The third kappa shape index (κ3) is 5.31. The van der Waals surface area contributed by atoms with Crippen molar-refractivity contribution in [1.82, 2.24) is 10.4 Å². The van der Waals surface area contributed by atoms with Gasteiger partial charge in [0.1, 0.15) is 11.5 Å². The van der Waals surface area contributed by atoms with Gasteiger partial charge in [0.2, 0.25) is 6.79 Å². The normalized spacial score (nSPS) is 15.7. The largest absolute Gasteiger partial charge is 0.508 e. The van der Waals surface area contributed by atoms with Gasteiger partial charge in [-0.25, -0.2) is 10.5 Å². The number of carbonyl (C=O) groups is 1. The van der Waals surface area contributed by atoms with Gasteiger partial charge in [-0.15, -0.1) is 0 Å². The quantitative estimate of drug-likeness (QED) is 0.347. The van der Waals surface area contributed by atoms with Gasteiger partial charge >= 0.3 is 0 Å². The van der Waals surface area contributed by atoms with Crippen molar-refractivity contribution in [2.24, 2.45) is 4.99 Å². The smallest absolute Gasteiger partial charge is 0.251 e. The van der Waals surface area contributed by atoms with Gasteiger partial charge in [0.15, 0.2) is 23.9 Å². The van der Waals surface area contributed by atoms with E-state index in [1.54, 1.807) is 29.2 Å². The van der Waals surface area contributed by atoms with E-state index in [0.29, 0.717) is 28.3 Å². The Balaban J connectivity index is 1.60. The summed E-state index contributed by atoms with van der Waals surface area (Å²) >= 11 is 0. The molecule has 9 heteroatoms. The summed E-state index contributed by atoms with van der Waals surface area (Å²) in [7, 11) is 0. The molecule has 2 aromatic rings. The van der Waals surface area contributed by atoms with Crippen molar-refractivity contribution in [1.29, 1.82) is 0 Å². The van der Waals surface area contributed by atoms with Crippen molar-refractivity contribution in [3.63, 3.8) is 0 Å². The number of aliphatic imine (C=N–C) groups is 1. The van der Waals surface area contributed by atoms with Gasteiger partial charge in [0.05, 0.1) is 11.3 Å². The fraction of sp³-hybridized carbons (Fsp3) is 0.417. The van der Waals surface area contributed by atoms with E-state index in [-0.39, 0.29) is 42.6 Å². The van der Waals surface area contributed by atoms with E-state index in [1.807, 2.05) is 13.8 Å². The van der Waals surface area contributed by atoms with E-state index in [0.717, 1.165) is 32.4 Å². The minimum atomic E-state index is -0.171. The van der Waals surface area contributed by atoms with Crippen molar-refractivity contribution in [3.8, 4) is 23.0 Å². The minimum Gasteiger partial charge on any atom is -0.508 e. The number of benzene rings is 2. The van der Waals surface area contributed by atoms with Gasteiger partial charge in [-0.05, 0) is 48.9 Å². The number of fused-ring (bicyclic) bond motifs is 1. The maximum absolute atomic E-state index is 12.5. The first kappa shape index (κ1) is 22.7. The van der Waals surface area contributed by atoms with Crippen molar-refractivity contribution in [2.75, 3.05) is 26.5 Å². The highest BCUT2D eigenvalue weighted by Crippen LogP contribution is 2.36. The molecule has 1 fully saturated rings. The van der Waals surface area contributed by atoms with Crippen molar-refractivity contribution in [2.45, 2.75) is 39.0 Å². The highest BCUT2D eigenvalue weighted by atomic mass is 16.7. The second kappa shape index (κ2) is 9.99. The molecule has 0 spiro atoms. The van der Waals surface area contributed by atoms with Gasteiger partial charge in [0, 0.05) is 25.2 Å². The Bertz CT molecular complexity index is 1050. The second-order valence-electron chi connectivity index (χ2n) is 8.41. The van der Waals surface area contributed by atoms with Gasteiger partial charge in [-0.3, -0.25) is 9.63 Å². The van der Waals surface area contributed by atoms with E-state index >= 15 is 0 Å². The number of carbonyl (C=O) groups excluding carboxylic acids is 1. The molecule has 33 heavy (non-hydrogen) atoms. The molecule has 1 amide bonds. The zero-order valence-corrected chi connectivity index (χ0v) is 18.8. The lowest BCUT2D eigenvalue weighted by Gasteiger charge is -2.26. The first-order valence-electron chi connectivity index (χ1n) is 11.1. The number of hydrogen-bond donors (Lipinski definition) is 3. The number of phenolic OH excluding ortho intramolecular Hbond substituents is 2. The number of rotatable bonds is 6. The fourth-order valence-electron chi connectivity index (χ4n) is 3.87. The maximum atomic E-state index is 12.5. The van der Waals surface area contributed by atoms with Crippen LogP contribution in [0.1, 0.15) is 50.2 Å². The molecule has 0 aliphatic carbocycles. The van der Waals surface area contributed by atoms with Crippen LogP contribution in [0, 0.1) is 0 Å². The Morgan fingerprint density at radius 3 is 2.61 bits per heavy atom. The van der Waals surface area contributed by atoms with E-state index in [4.69, 9.17) is 14.3 Å². The Hall–Kier alpha value is -3.46. The molecule has 2 aromatic carbocycles. The number of ether oxygens (including phenoxy) is 2. The summed E-state index contributed by atoms with van der Waals surface area (Å²) in [5.74, 6) is 1.11. The highest BCUT2D eigenvalue weighted by Gasteiger charge is 2.20. The number of phenols is 2. The van der Waals surface area contributed by atoms with Crippen LogP contribution in [0.4, 0.5) is 5.69 Å². The Kier molecular flexibility index (Phi) is 6.88. The average Bonchev–Trinajstić information content (AvgIpc) is 3.27. The van der Waals surface area contributed by atoms with Crippen LogP contribution in [0.3, 0.4) is 0 Å². The maximum Gasteiger partial charge on any atom is 0.251 e. The summed E-state index contributed by atoms with van der Waals surface area (Å²) in [6.45, 7) is 5.31. The summed E-state index contributed by atoms with van der Waals surface area (Å²) in [5.41, 5.74) is 4.25. The fourth-order valence-corrected chi connectivity index (χ4v) is 3.87.